The zero-order valence-electron chi connectivity index (χ0n) is 8.49. The average Bonchev–Trinajstić information content (AvgIpc) is 2.10. The minimum Gasteiger partial charge on any atom is -0.355 e. The molecule has 0 saturated carbocycles. The largest absolute Gasteiger partial charge is 0.355 e. The summed E-state index contributed by atoms with van der Waals surface area (Å²) >= 11 is 0. The number of halogens is 2. The summed E-state index contributed by atoms with van der Waals surface area (Å²) in [7, 11) is 0. The van der Waals surface area contributed by atoms with Crippen LogP contribution in [-0.4, -0.2) is 25.0 Å². The Balaban J connectivity index is -0.000000605. The van der Waals surface area contributed by atoms with Crippen molar-refractivity contribution in [3.05, 3.63) is 0 Å². The van der Waals surface area contributed by atoms with Crippen LogP contribution in [0.25, 0.3) is 0 Å². The Morgan fingerprint density at radius 1 is 1.43 bits per heavy atom. The number of rotatable bonds is 6. The molecule has 14 heavy (non-hydrogen) atoms. The number of hydrogen-bond acceptors (Lipinski definition) is 3. The van der Waals surface area contributed by atoms with E-state index in [1.165, 1.54) is 0 Å². The highest BCUT2D eigenvalue weighted by atomic mass is 35.5. The summed E-state index contributed by atoms with van der Waals surface area (Å²) in [4.78, 5) is 11.1. The molecule has 0 aliphatic carbocycles. The first-order chi connectivity index (χ1) is 5.72. The van der Waals surface area contributed by atoms with Crippen molar-refractivity contribution in [2.24, 2.45) is 11.5 Å². The quantitative estimate of drug-likeness (QED) is 0.635. The fraction of sp³-hybridized carbons (Fsp3) is 0.875. The first-order valence-corrected chi connectivity index (χ1v) is 4.45. The number of carbonyl (C=O) groups excluding carboxylic acids is 1. The summed E-state index contributed by atoms with van der Waals surface area (Å²) in [5, 5.41) is 2.74. The van der Waals surface area contributed by atoms with Crippen LogP contribution in [-0.2, 0) is 4.79 Å². The highest BCUT2D eigenvalue weighted by Crippen LogP contribution is 1.92. The second kappa shape index (κ2) is 13.0. The molecule has 0 fully saturated rings. The van der Waals surface area contributed by atoms with Gasteiger partial charge in [0, 0.05) is 6.54 Å². The maximum absolute atomic E-state index is 11.1. The minimum absolute atomic E-state index is 0. The highest BCUT2D eigenvalue weighted by Gasteiger charge is 2.10. The monoisotopic (exact) mass is 245 g/mol. The average molecular weight is 246 g/mol. The molecule has 0 saturated heterocycles. The van der Waals surface area contributed by atoms with E-state index in [0.717, 1.165) is 12.8 Å². The van der Waals surface area contributed by atoms with Gasteiger partial charge in [-0.05, 0) is 25.8 Å². The molecule has 0 unspecified atom stereocenters. The lowest BCUT2D eigenvalue weighted by Gasteiger charge is -2.10. The van der Waals surface area contributed by atoms with Gasteiger partial charge in [0.25, 0.3) is 0 Å². The van der Waals surface area contributed by atoms with Gasteiger partial charge >= 0.3 is 0 Å². The molecule has 0 rings (SSSR count). The van der Waals surface area contributed by atoms with Gasteiger partial charge in [0.2, 0.25) is 5.91 Å². The van der Waals surface area contributed by atoms with Crippen LogP contribution in [0.5, 0.6) is 0 Å². The van der Waals surface area contributed by atoms with Gasteiger partial charge < -0.3 is 16.8 Å². The van der Waals surface area contributed by atoms with Gasteiger partial charge in [-0.25, -0.2) is 0 Å². The maximum Gasteiger partial charge on any atom is 0.236 e. The fourth-order valence-corrected chi connectivity index (χ4v) is 0.848. The van der Waals surface area contributed by atoms with Crippen LogP contribution < -0.4 is 16.8 Å². The van der Waals surface area contributed by atoms with E-state index in [0.29, 0.717) is 19.5 Å². The molecule has 5 N–H and O–H groups in total. The van der Waals surface area contributed by atoms with Crippen molar-refractivity contribution in [2.45, 2.75) is 32.2 Å². The van der Waals surface area contributed by atoms with E-state index in [1.807, 2.05) is 6.92 Å². The highest BCUT2D eigenvalue weighted by molar-refractivity contribution is 5.85. The third-order valence-corrected chi connectivity index (χ3v) is 1.61. The summed E-state index contributed by atoms with van der Waals surface area (Å²) in [6.45, 7) is 3.30. The van der Waals surface area contributed by atoms with E-state index in [1.54, 1.807) is 0 Å². The molecular weight excluding hydrogens is 225 g/mol. The standard InChI is InChI=1S/C8H19N3O.2ClH/c1-2-6-11-8(12)7(10)4-3-5-9;;/h7H,2-6,9-10H2,1H3,(H,11,12);2*1H/t7-;;/m0../s1. The fourth-order valence-electron chi connectivity index (χ4n) is 0.848. The third kappa shape index (κ3) is 10.1. The third-order valence-electron chi connectivity index (χ3n) is 1.61. The molecule has 0 aromatic rings. The van der Waals surface area contributed by atoms with Crippen molar-refractivity contribution in [3.63, 3.8) is 0 Å². The van der Waals surface area contributed by atoms with Gasteiger partial charge in [-0.3, -0.25) is 4.79 Å². The van der Waals surface area contributed by atoms with E-state index in [-0.39, 0.29) is 36.8 Å². The van der Waals surface area contributed by atoms with Crippen molar-refractivity contribution in [2.75, 3.05) is 13.1 Å². The van der Waals surface area contributed by atoms with E-state index in [2.05, 4.69) is 5.32 Å². The van der Waals surface area contributed by atoms with Crippen molar-refractivity contribution in [1.29, 1.82) is 0 Å². The summed E-state index contributed by atoms with van der Waals surface area (Å²) in [6, 6.07) is -0.389. The first kappa shape index (κ1) is 19.5. The molecule has 0 heterocycles. The zero-order valence-corrected chi connectivity index (χ0v) is 10.1. The number of nitrogens with two attached hydrogens (primary N) is 2. The Morgan fingerprint density at radius 3 is 2.43 bits per heavy atom. The van der Waals surface area contributed by atoms with Gasteiger partial charge in [-0.1, -0.05) is 6.92 Å². The lowest BCUT2D eigenvalue weighted by molar-refractivity contribution is -0.122. The summed E-state index contributed by atoms with van der Waals surface area (Å²) in [5.41, 5.74) is 10.9. The van der Waals surface area contributed by atoms with E-state index in [4.69, 9.17) is 11.5 Å². The van der Waals surface area contributed by atoms with Crippen LogP contribution in [0.2, 0.25) is 0 Å². The van der Waals surface area contributed by atoms with E-state index >= 15 is 0 Å². The first-order valence-electron chi connectivity index (χ1n) is 4.45. The van der Waals surface area contributed by atoms with E-state index < -0.39 is 0 Å². The van der Waals surface area contributed by atoms with Gasteiger partial charge in [0.1, 0.15) is 0 Å². The van der Waals surface area contributed by atoms with Crippen molar-refractivity contribution in [3.8, 4) is 0 Å². The Morgan fingerprint density at radius 2 is 2.00 bits per heavy atom. The molecule has 6 heteroatoms. The second-order valence-electron chi connectivity index (χ2n) is 2.83. The van der Waals surface area contributed by atoms with Crippen molar-refractivity contribution >= 4 is 30.7 Å². The Hall–Kier alpha value is -0.0300. The molecular formula is C8H21Cl2N3O. The molecule has 1 atom stereocenters. The molecule has 0 radical (unpaired) electrons. The number of hydrogen-bond donors (Lipinski definition) is 3. The predicted molar refractivity (Wildman–Crippen MR) is 64.1 cm³/mol. The molecule has 0 aromatic carbocycles. The molecule has 0 aliphatic rings. The van der Waals surface area contributed by atoms with Crippen LogP contribution in [0.4, 0.5) is 0 Å². The Labute approximate surface area is 98.0 Å². The molecule has 0 bridgehead atoms. The predicted octanol–water partition coefficient (Wildman–Crippen LogP) is 0.422. The van der Waals surface area contributed by atoms with Gasteiger partial charge in [-0.2, -0.15) is 0 Å². The summed E-state index contributed by atoms with van der Waals surface area (Å²) < 4.78 is 0. The van der Waals surface area contributed by atoms with Gasteiger partial charge in [0.05, 0.1) is 6.04 Å². The van der Waals surface area contributed by atoms with Gasteiger partial charge in [0.15, 0.2) is 0 Å². The van der Waals surface area contributed by atoms with Gasteiger partial charge in [-0.15, -0.1) is 24.8 Å². The molecule has 1 amide bonds. The Kier molecular flexibility index (Phi) is 18.1. The number of carbonyl (C=O) groups is 1. The normalized spacial score (nSPS) is 10.8. The topological polar surface area (TPSA) is 81.1 Å². The Bertz CT molecular complexity index is 136. The molecule has 0 spiro atoms. The summed E-state index contributed by atoms with van der Waals surface area (Å²) in [5.74, 6) is -0.0645. The van der Waals surface area contributed by atoms with Crippen LogP contribution in [0, 0.1) is 0 Å². The lowest BCUT2D eigenvalue weighted by Crippen LogP contribution is -2.41. The minimum atomic E-state index is -0.389. The second-order valence-corrected chi connectivity index (χ2v) is 2.83. The molecule has 0 aromatic heterocycles. The summed E-state index contributed by atoms with van der Waals surface area (Å²) in [6.07, 6.45) is 2.42. The van der Waals surface area contributed by atoms with Crippen LogP contribution in [0.3, 0.4) is 0 Å². The van der Waals surface area contributed by atoms with Crippen molar-refractivity contribution < 1.29 is 4.79 Å². The number of amides is 1. The smallest absolute Gasteiger partial charge is 0.236 e. The zero-order chi connectivity index (χ0) is 9.40. The molecule has 0 aliphatic heterocycles. The molecule has 88 valence electrons. The van der Waals surface area contributed by atoms with Crippen molar-refractivity contribution in [1.82, 2.24) is 5.32 Å². The van der Waals surface area contributed by atoms with E-state index in [9.17, 15) is 4.79 Å². The van der Waals surface area contributed by atoms with Crippen LogP contribution >= 0.6 is 24.8 Å². The van der Waals surface area contributed by atoms with Crippen LogP contribution in [0.15, 0.2) is 0 Å². The number of nitrogens with one attached hydrogen (secondary N) is 1. The lowest BCUT2D eigenvalue weighted by atomic mass is 10.1. The maximum atomic E-state index is 11.1. The van der Waals surface area contributed by atoms with Crippen LogP contribution in [0.1, 0.15) is 26.2 Å². The molecule has 4 nitrogen and oxygen atoms in total. The SMILES string of the molecule is CCCNC(=O)[C@@H](N)CCCN.Cl.Cl.